The van der Waals surface area contributed by atoms with Gasteiger partial charge in [0.2, 0.25) is 5.69 Å². The lowest BCUT2D eigenvalue weighted by molar-refractivity contribution is -0.660. The fourth-order valence-corrected chi connectivity index (χ4v) is 4.64. The zero-order valence-electron chi connectivity index (χ0n) is 19.7. The minimum Gasteiger partial charge on any atom is -0.201 e. The Morgan fingerprint density at radius 1 is 0.793 bits per heavy atom. The van der Waals surface area contributed by atoms with Crippen LogP contribution in [0.15, 0.2) is 42.6 Å². The van der Waals surface area contributed by atoms with Crippen molar-refractivity contribution in [2.45, 2.75) is 61.8 Å². The molecule has 0 unspecified atom stereocenters. The van der Waals surface area contributed by atoms with Gasteiger partial charge in [0.15, 0.2) is 6.20 Å². The van der Waals surface area contributed by atoms with Gasteiger partial charge in [-0.05, 0) is 85.9 Å². The minimum atomic E-state index is 0.273. The third-order valence-corrected chi connectivity index (χ3v) is 5.86. The summed E-state index contributed by atoms with van der Waals surface area (Å²) in [5.41, 5.74) is 13.8. The molecule has 0 bridgehead atoms. The number of aromatic nitrogens is 1. The Balaban J connectivity index is 2.20. The first kappa shape index (κ1) is 21.3. The van der Waals surface area contributed by atoms with Gasteiger partial charge in [-0.1, -0.05) is 50.6 Å². The molecular formula is C28H36N+. The van der Waals surface area contributed by atoms with E-state index >= 15 is 0 Å². The van der Waals surface area contributed by atoms with Crippen molar-refractivity contribution in [2.24, 2.45) is 12.5 Å². The van der Waals surface area contributed by atoms with Crippen molar-refractivity contribution in [3.8, 4) is 22.4 Å². The van der Waals surface area contributed by atoms with E-state index in [9.17, 15) is 0 Å². The van der Waals surface area contributed by atoms with Crippen LogP contribution in [0.1, 0.15) is 54.2 Å². The smallest absolute Gasteiger partial charge is 0.201 e. The highest BCUT2D eigenvalue weighted by Gasteiger charge is 2.21. The van der Waals surface area contributed by atoms with Gasteiger partial charge in [-0.25, -0.2) is 4.57 Å². The maximum absolute atomic E-state index is 2.40. The first-order valence-corrected chi connectivity index (χ1v) is 10.7. The van der Waals surface area contributed by atoms with Crippen molar-refractivity contribution in [1.82, 2.24) is 0 Å². The van der Waals surface area contributed by atoms with Crippen molar-refractivity contribution < 1.29 is 4.57 Å². The van der Waals surface area contributed by atoms with Gasteiger partial charge in [-0.15, -0.1) is 0 Å². The predicted octanol–water partition coefficient (Wildman–Crippen LogP) is 6.98. The fourth-order valence-electron chi connectivity index (χ4n) is 4.64. The summed E-state index contributed by atoms with van der Waals surface area (Å²) in [7, 11) is 2.16. The van der Waals surface area contributed by atoms with E-state index in [4.69, 9.17) is 0 Å². The molecule has 0 aliphatic carbocycles. The number of pyridine rings is 1. The Labute approximate surface area is 177 Å². The SMILES string of the molecule is Cc1cc(C)c(-c2cccc(-c3cc(CC(C)(C)C)c(C)c[n+]3C)c2C)c(C)c1. The summed E-state index contributed by atoms with van der Waals surface area (Å²) in [4.78, 5) is 0. The van der Waals surface area contributed by atoms with Gasteiger partial charge < -0.3 is 0 Å². The molecule has 29 heavy (non-hydrogen) atoms. The minimum absolute atomic E-state index is 0.273. The molecule has 1 heteroatoms. The van der Waals surface area contributed by atoms with Crippen LogP contribution in [0.25, 0.3) is 22.4 Å². The summed E-state index contributed by atoms with van der Waals surface area (Å²) in [6.07, 6.45) is 3.37. The first-order valence-electron chi connectivity index (χ1n) is 10.7. The van der Waals surface area contributed by atoms with Crippen LogP contribution in [0.3, 0.4) is 0 Å². The molecule has 3 rings (SSSR count). The molecule has 152 valence electrons. The molecule has 1 aromatic heterocycles. The molecule has 2 aromatic carbocycles. The molecular weight excluding hydrogens is 350 g/mol. The van der Waals surface area contributed by atoms with Gasteiger partial charge in [0.25, 0.3) is 0 Å². The van der Waals surface area contributed by atoms with E-state index < -0.39 is 0 Å². The Kier molecular flexibility index (Phi) is 5.72. The summed E-state index contributed by atoms with van der Waals surface area (Å²) in [5, 5.41) is 0. The summed E-state index contributed by atoms with van der Waals surface area (Å²) >= 11 is 0. The van der Waals surface area contributed by atoms with Crippen LogP contribution < -0.4 is 4.57 Å². The molecule has 0 N–H and O–H groups in total. The number of hydrogen-bond donors (Lipinski definition) is 0. The number of benzene rings is 2. The maximum Gasteiger partial charge on any atom is 0.212 e. The molecule has 0 saturated heterocycles. The number of nitrogens with zero attached hydrogens (tertiary/aromatic N) is 1. The number of hydrogen-bond acceptors (Lipinski definition) is 0. The van der Waals surface area contributed by atoms with Crippen LogP contribution >= 0.6 is 0 Å². The lowest BCUT2D eigenvalue weighted by Crippen LogP contribution is -2.32. The topological polar surface area (TPSA) is 3.88 Å². The number of rotatable bonds is 3. The van der Waals surface area contributed by atoms with E-state index in [-0.39, 0.29) is 5.41 Å². The molecule has 0 amide bonds. The lowest BCUT2D eigenvalue weighted by atomic mass is 9.85. The summed E-state index contributed by atoms with van der Waals surface area (Å²) in [6.45, 7) is 18.1. The molecule has 1 heterocycles. The average molecular weight is 387 g/mol. The Morgan fingerprint density at radius 2 is 1.38 bits per heavy atom. The van der Waals surface area contributed by atoms with Crippen LogP contribution in [-0.4, -0.2) is 0 Å². The van der Waals surface area contributed by atoms with Gasteiger partial charge in [0.1, 0.15) is 7.05 Å². The maximum atomic E-state index is 2.40. The normalized spacial score (nSPS) is 11.8. The van der Waals surface area contributed by atoms with E-state index in [1.165, 1.54) is 55.8 Å². The molecule has 3 aromatic rings. The Bertz CT molecular complexity index is 1040. The highest BCUT2D eigenvalue weighted by molar-refractivity contribution is 5.80. The van der Waals surface area contributed by atoms with Gasteiger partial charge in [0, 0.05) is 17.2 Å². The zero-order chi connectivity index (χ0) is 21.5. The van der Waals surface area contributed by atoms with Crippen molar-refractivity contribution in [3.63, 3.8) is 0 Å². The Hall–Kier alpha value is -2.41. The largest absolute Gasteiger partial charge is 0.212 e. The second kappa shape index (κ2) is 7.78. The van der Waals surface area contributed by atoms with Crippen molar-refractivity contribution in [3.05, 3.63) is 76.0 Å². The van der Waals surface area contributed by atoms with Gasteiger partial charge in [-0.3, -0.25) is 0 Å². The van der Waals surface area contributed by atoms with Gasteiger partial charge >= 0.3 is 0 Å². The molecule has 0 saturated carbocycles. The monoisotopic (exact) mass is 386 g/mol. The molecule has 1 nitrogen and oxygen atoms in total. The second-order valence-electron chi connectivity index (χ2n) is 9.97. The van der Waals surface area contributed by atoms with Crippen LogP contribution in [0.5, 0.6) is 0 Å². The molecule has 0 aliphatic rings. The van der Waals surface area contributed by atoms with Gasteiger partial charge in [-0.2, -0.15) is 0 Å². The zero-order valence-corrected chi connectivity index (χ0v) is 19.7. The molecule has 0 aliphatic heterocycles. The summed E-state index contributed by atoms with van der Waals surface area (Å²) in [6, 6.07) is 13.7. The predicted molar refractivity (Wildman–Crippen MR) is 125 cm³/mol. The van der Waals surface area contributed by atoms with Crippen LogP contribution in [0.2, 0.25) is 0 Å². The van der Waals surface area contributed by atoms with E-state index in [0.717, 1.165) is 6.42 Å². The van der Waals surface area contributed by atoms with Gasteiger partial charge in [0.05, 0.1) is 0 Å². The van der Waals surface area contributed by atoms with E-state index in [1.54, 1.807) is 0 Å². The van der Waals surface area contributed by atoms with Crippen LogP contribution in [0, 0.1) is 40.0 Å². The molecule has 0 radical (unpaired) electrons. The highest BCUT2D eigenvalue weighted by Crippen LogP contribution is 2.35. The molecule has 0 atom stereocenters. The third-order valence-electron chi connectivity index (χ3n) is 5.86. The van der Waals surface area contributed by atoms with Crippen LogP contribution in [-0.2, 0) is 13.5 Å². The van der Waals surface area contributed by atoms with Crippen LogP contribution in [0.4, 0.5) is 0 Å². The quantitative estimate of drug-likeness (QED) is 0.428. The second-order valence-corrected chi connectivity index (χ2v) is 9.97. The molecule has 0 fully saturated rings. The third kappa shape index (κ3) is 4.45. The van der Waals surface area contributed by atoms with Crippen molar-refractivity contribution >= 4 is 0 Å². The summed E-state index contributed by atoms with van der Waals surface area (Å²) in [5.74, 6) is 0. The van der Waals surface area contributed by atoms with E-state index in [2.05, 4.69) is 110 Å². The van der Waals surface area contributed by atoms with E-state index in [0.29, 0.717) is 0 Å². The number of aryl methyl sites for hydroxylation is 5. The summed E-state index contributed by atoms with van der Waals surface area (Å²) < 4.78 is 2.28. The van der Waals surface area contributed by atoms with E-state index in [1.807, 2.05) is 0 Å². The standard InChI is InChI=1S/C28H36N/c1-18-13-19(2)27(20(3)14-18)25-12-10-11-24(22(25)5)26-15-23(16-28(6,7)8)21(4)17-29(26)9/h10-15,17H,16H2,1-9H3/q+1. The fraction of sp³-hybridized carbons (Fsp3) is 0.393. The first-order chi connectivity index (χ1) is 13.5. The average Bonchev–Trinajstić information content (AvgIpc) is 2.57. The van der Waals surface area contributed by atoms with Crippen molar-refractivity contribution in [1.29, 1.82) is 0 Å². The molecule has 0 spiro atoms. The van der Waals surface area contributed by atoms with Crippen molar-refractivity contribution in [2.75, 3.05) is 0 Å². The lowest BCUT2D eigenvalue weighted by Gasteiger charge is -2.20. The highest BCUT2D eigenvalue weighted by atomic mass is 14.9. The Morgan fingerprint density at radius 3 is 1.97 bits per heavy atom.